The number of fused-ring (bicyclic) bond motifs is 1. The topological polar surface area (TPSA) is 181 Å². The van der Waals surface area contributed by atoms with E-state index in [0.717, 1.165) is 5.71 Å². The first kappa shape index (κ1) is 46.1. The third-order valence-electron chi connectivity index (χ3n) is 13.0. The summed E-state index contributed by atoms with van der Waals surface area (Å²) in [5.41, 5.74) is -0.614. The Hall–Kier alpha value is -4.40. The number of ketones is 1. The smallest absolute Gasteiger partial charge is 0.410 e. The van der Waals surface area contributed by atoms with Gasteiger partial charge in [-0.2, -0.15) is 0 Å². The zero-order valence-corrected chi connectivity index (χ0v) is 37.8. The summed E-state index contributed by atoms with van der Waals surface area (Å²) in [4.78, 5) is 68.4. The maximum atomic E-state index is 14.7. The van der Waals surface area contributed by atoms with Crippen LogP contribution in [0.25, 0.3) is 0 Å². The minimum absolute atomic E-state index is 0.194. The molecule has 0 spiro atoms. The van der Waals surface area contributed by atoms with Crippen molar-refractivity contribution in [2.45, 2.75) is 129 Å². The van der Waals surface area contributed by atoms with Gasteiger partial charge >= 0.3 is 18.1 Å². The van der Waals surface area contributed by atoms with Crippen molar-refractivity contribution in [1.82, 2.24) is 14.8 Å². The molecule has 6 rings (SSSR count). The van der Waals surface area contributed by atoms with E-state index in [1.807, 2.05) is 59.7 Å². The molecule has 3 fully saturated rings. The number of Topliss-reactive ketones (excluding diaryl/α,β-unsaturated/α-hetero) is 1. The lowest BCUT2D eigenvalue weighted by Gasteiger charge is -2.47. The Morgan fingerprint density at radius 1 is 1.07 bits per heavy atom. The number of carbonyl (C=O) groups excluding carboxylic acids is 4. The van der Waals surface area contributed by atoms with Crippen LogP contribution >= 0.6 is 11.3 Å². The summed E-state index contributed by atoms with van der Waals surface area (Å²) in [5, 5.41) is 18.0. The number of hydrogen-bond donors (Lipinski definition) is 3. The van der Waals surface area contributed by atoms with Gasteiger partial charge in [0.1, 0.15) is 18.1 Å². The van der Waals surface area contributed by atoms with Gasteiger partial charge in [-0.25, -0.2) is 9.59 Å². The fourth-order valence-corrected chi connectivity index (χ4v) is 10.8. The molecule has 16 heteroatoms. The number of ether oxygens (including phenoxy) is 4. The Balaban J connectivity index is 1.39. The largest absolute Gasteiger partial charge is 0.458 e. The normalized spacial score (nSPS) is 35.8. The van der Waals surface area contributed by atoms with Crippen molar-refractivity contribution >= 4 is 51.6 Å². The lowest BCUT2D eigenvalue weighted by atomic mass is 9.66. The van der Waals surface area contributed by atoms with Gasteiger partial charge in [0.15, 0.2) is 17.7 Å². The monoisotopic (exact) mass is 862 g/mol. The van der Waals surface area contributed by atoms with Gasteiger partial charge in [-0.3, -0.25) is 29.8 Å². The second-order valence-corrected chi connectivity index (χ2v) is 19.0. The molecule has 332 valence electrons. The number of nitrogens with one attached hydrogen (secondary N) is 2. The van der Waals surface area contributed by atoms with E-state index < -0.39 is 77.4 Å². The van der Waals surface area contributed by atoms with Crippen molar-refractivity contribution in [3.05, 3.63) is 41.5 Å². The molecule has 61 heavy (non-hydrogen) atoms. The van der Waals surface area contributed by atoms with E-state index in [2.05, 4.69) is 34.4 Å². The highest BCUT2D eigenvalue weighted by molar-refractivity contribution is 7.16. The number of aliphatic hydroxyl groups is 1. The minimum Gasteiger partial charge on any atom is -0.458 e. The van der Waals surface area contributed by atoms with Gasteiger partial charge in [-0.1, -0.05) is 46.5 Å². The molecular formula is C45H62N6O9S. The average molecular weight is 863 g/mol. The van der Waals surface area contributed by atoms with Crippen LogP contribution in [0.15, 0.2) is 41.7 Å². The first-order chi connectivity index (χ1) is 28.9. The van der Waals surface area contributed by atoms with Gasteiger partial charge in [0.25, 0.3) is 0 Å². The summed E-state index contributed by atoms with van der Waals surface area (Å²) < 4.78 is 25.6. The Morgan fingerprint density at radius 2 is 1.79 bits per heavy atom. The van der Waals surface area contributed by atoms with Crippen molar-refractivity contribution < 1.29 is 43.2 Å². The molecule has 3 amide bonds. The summed E-state index contributed by atoms with van der Waals surface area (Å²) in [6, 6.07) is 5.84. The Morgan fingerprint density at radius 3 is 2.48 bits per heavy atom. The molecule has 1 unspecified atom stereocenters. The minimum atomic E-state index is -1.20. The van der Waals surface area contributed by atoms with Gasteiger partial charge in [-0.15, -0.1) is 11.3 Å². The number of esters is 1. The molecule has 2 aromatic heterocycles. The van der Waals surface area contributed by atoms with E-state index >= 15 is 0 Å². The maximum absolute atomic E-state index is 14.7. The maximum Gasteiger partial charge on any atom is 0.410 e. The number of rotatable bonds is 7. The number of likely N-dealkylation sites (N-methyl/N-ethyl adjacent to an activating group) is 1. The fourth-order valence-electron chi connectivity index (χ4n) is 9.98. The number of aromatic nitrogens is 1. The summed E-state index contributed by atoms with van der Waals surface area (Å²) in [6.45, 7) is 15.8. The molecule has 2 aromatic rings. The van der Waals surface area contributed by atoms with Gasteiger partial charge in [0.2, 0.25) is 0 Å². The van der Waals surface area contributed by atoms with E-state index in [1.165, 1.54) is 11.3 Å². The third kappa shape index (κ3) is 9.81. The van der Waals surface area contributed by atoms with E-state index in [0.29, 0.717) is 47.9 Å². The standard InChI is InChI=1S/C45H62N6O9S/c1-11-33-45(8)38-27(4)35(47-21-22-51(38)43(56)60-45)25(2)24-44(7,18-12-13-31-14-15-34(61-31)49-42(55)48-30-16-19-46-20-17-30)39(28(5)36(52)29(6)40(54)58-33)59-41-37(53)32(50(9)10)23-26(3)57-41/h14-17,19-20,25-29,32-33,37-39,41,53H,11,18,21-24H2,1-10H3,(H2,46,48,49,55)/t25-,26-,27-,28+,29-,32+,33+,37-,38-,39-,41?,44+,45-/m1/s1. The van der Waals surface area contributed by atoms with Crippen molar-refractivity contribution in [2.75, 3.05) is 37.8 Å². The van der Waals surface area contributed by atoms with E-state index in [-0.39, 0.29) is 30.4 Å². The van der Waals surface area contributed by atoms with Gasteiger partial charge in [0.05, 0.1) is 34.7 Å². The van der Waals surface area contributed by atoms with Gasteiger partial charge < -0.3 is 34.3 Å². The predicted octanol–water partition coefficient (Wildman–Crippen LogP) is 6.22. The summed E-state index contributed by atoms with van der Waals surface area (Å²) in [5.74, 6) is 3.01. The Kier molecular flexibility index (Phi) is 14.3. The number of aliphatic hydroxyl groups excluding tert-OH is 1. The zero-order chi connectivity index (χ0) is 44.4. The fraction of sp³-hybridized carbons (Fsp3) is 0.644. The van der Waals surface area contributed by atoms with Crippen LogP contribution in [0, 0.1) is 40.9 Å². The molecule has 0 aromatic carbocycles. The molecule has 0 aliphatic carbocycles. The molecule has 13 atom stereocenters. The predicted molar refractivity (Wildman–Crippen MR) is 232 cm³/mol. The third-order valence-corrected chi connectivity index (χ3v) is 13.9. The van der Waals surface area contributed by atoms with E-state index in [4.69, 9.17) is 23.9 Å². The lowest BCUT2D eigenvalue weighted by molar-refractivity contribution is -0.286. The van der Waals surface area contributed by atoms with Crippen LogP contribution in [0.5, 0.6) is 0 Å². The highest BCUT2D eigenvalue weighted by atomic mass is 32.1. The summed E-state index contributed by atoms with van der Waals surface area (Å²) >= 11 is 1.32. The lowest BCUT2D eigenvalue weighted by Crippen LogP contribution is -2.58. The van der Waals surface area contributed by atoms with Crippen LogP contribution < -0.4 is 10.6 Å². The van der Waals surface area contributed by atoms with E-state index in [9.17, 15) is 24.3 Å². The molecule has 15 nitrogen and oxygen atoms in total. The van der Waals surface area contributed by atoms with E-state index in [1.54, 1.807) is 49.3 Å². The molecule has 3 N–H and O–H groups in total. The highest BCUT2D eigenvalue weighted by Crippen LogP contribution is 2.46. The van der Waals surface area contributed by atoms with Crippen LogP contribution in [0.4, 0.5) is 20.3 Å². The molecule has 2 bridgehead atoms. The molecule has 6 heterocycles. The summed E-state index contributed by atoms with van der Waals surface area (Å²) in [7, 11) is 3.80. The SMILES string of the molecule is CC[C@@H]1OC(=O)[C@H](C)C(=O)[C@H](C)[C@@H](OC2O[C@H](C)C[C@H](N(C)C)[C@H]2O)[C@@](C)(CC#Cc2ccc(NC(=O)Nc3ccncc3)s2)C[C@@H](C)C2=NCCN3C(=O)O[C@@]1(C)[C@H]3[C@@H]2C. The van der Waals surface area contributed by atoms with Crippen LogP contribution in [0.3, 0.4) is 0 Å². The van der Waals surface area contributed by atoms with Crippen LogP contribution in [-0.2, 0) is 28.5 Å². The molecule has 0 radical (unpaired) electrons. The molecule has 0 saturated carbocycles. The number of urea groups is 1. The number of amides is 3. The van der Waals surface area contributed by atoms with Gasteiger partial charge in [-0.05, 0) is 84.3 Å². The van der Waals surface area contributed by atoms with Crippen LogP contribution in [0.2, 0.25) is 0 Å². The van der Waals surface area contributed by atoms with Crippen LogP contribution in [0.1, 0.15) is 86.0 Å². The molecule has 4 aliphatic heterocycles. The number of nitrogens with zero attached hydrogens (tertiary/aromatic N) is 4. The highest BCUT2D eigenvalue weighted by Gasteiger charge is 2.60. The number of aliphatic imine (C=N–C) groups is 1. The molecular weight excluding hydrogens is 801 g/mol. The average Bonchev–Trinajstić information content (AvgIpc) is 3.69. The van der Waals surface area contributed by atoms with Crippen molar-refractivity contribution in [3.8, 4) is 11.8 Å². The number of hydrogen-bond acceptors (Lipinski definition) is 13. The Bertz CT molecular complexity index is 2020. The van der Waals surface area contributed by atoms with Crippen molar-refractivity contribution in [2.24, 2.45) is 34.1 Å². The Labute approximate surface area is 363 Å². The van der Waals surface area contributed by atoms with Gasteiger partial charge in [0, 0.05) is 60.1 Å². The number of carbonyl (C=O) groups is 4. The first-order valence-corrected chi connectivity index (χ1v) is 22.2. The second kappa shape index (κ2) is 18.9. The summed E-state index contributed by atoms with van der Waals surface area (Å²) in [6.07, 6.45) is 0.235. The molecule has 3 saturated heterocycles. The number of anilines is 2. The van der Waals surface area contributed by atoms with Crippen molar-refractivity contribution in [1.29, 1.82) is 0 Å². The van der Waals surface area contributed by atoms with Crippen molar-refractivity contribution in [3.63, 3.8) is 0 Å². The molecule has 4 aliphatic rings. The first-order valence-electron chi connectivity index (χ1n) is 21.4. The quantitative estimate of drug-likeness (QED) is 0.163. The number of pyridine rings is 1. The number of thiophene rings is 1. The second-order valence-electron chi connectivity index (χ2n) is 17.9. The zero-order valence-electron chi connectivity index (χ0n) is 37.0. The number of cyclic esters (lactones) is 1. The van der Waals surface area contributed by atoms with Crippen LogP contribution in [-0.4, -0.2) is 125 Å².